The summed E-state index contributed by atoms with van der Waals surface area (Å²) in [7, 11) is 0. The van der Waals surface area contributed by atoms with Crippen molar-refractivity contribution in [1.29, 1.82) is 5.41 Å². The van der Waals surface area contributed by atoms with Crippen LogP contribution in [0.4, 0.5) is 11.6 Å². The SMILES string of the molecule is N=C(NCCCCCCOCC(O)CN)NC(=O)c1nc(Cl)c(N)nc1N. The molecule has 0 aliphatic heterocycles. The van der Waals surface area contributed by atoms with Crippen molar-refractivity contribution < 1.29 is 14.6 Å². The lowest BCUT2D eigenvalue weighted by Gasteiger charge is -2.10. The van der Waals surface area contributed by atoms with Crippen LogP contribution in [0.5, 0.6) is 0 Å². The fraction of sp³-hybridized carbons (Fsp3) is 0.600. The number of guanidine groups is 1. The smallest absolute Gasteiger partial charge is 0.280 e. The second kappa shape index (κ2) is 12.2. The van der Waals surface area contributed by atoms with E-state index < -0.39 is 12.0 Å². The van der Waals surface area contributed by atoms with Gasteiger partial charge >= 0.3 is 0 Å². The summed E-state index contributed by atoms with van der Waals surface area (Å²) in [6.45, 7) is 1.54. The second-order valence-electron chi connectivity index (χ2n) is 5.77. The molecule has 152 valence electrons. The zero-order valence-electron chi connectivity index (χ0n) is 15.0. The monoisotopic (exact) mass is 402 g/mol. The molecule has 0 fully saturated rings. The Morgan fingerprint density at radius 3 is 2.63 bits per heavy atom. The van der Waals surface area contributed by atoms with E-state index in [1.165, 1.54) is 0 Å². The maximum atomic E-state index is 12.0. The molecule has 27 heavy (non-hydrogen) atoms. The number of carbonyl (C=O) groups is 1. The highest BCUT2D eigenvalue weighted by atomic mass is 35.5. The Bertz CT molecular complexity index is 631. The van der Waals surface area contributed by atoms with Crippen LogP contribution in [-0.4, -0.2) is 59.3 Å². The van der Waals surface area contributed by atoms with Gasteiger partial charge in [0.25, 0.3) is 5.91 Å². The molecule has 1 heterocycles. The van der Waals surface area contributed by atoms with Gasteiger partial charge in [0.15, 0.2) is 28.4 Å². The van der Waals surface area contributed by atoms with Crippen molar-refractivity contribution >= 4 is 35.1 Å². The number of carbonyl (C=O) groups excluding carboxylic acids is 1. The molecule has 0 aliphatic rings. The van der Waals surface area contributed by atoms with Gasteiger partial charge in [0.2, 0.25) is 0 Å². The predicted molar refractivity (Wildman–Crippen MR) is 103 cm³/mol. The van der Waals surface area contributed by atoms with Crippen LogP contribution in [0.1, 0.15) is 36.2 Å². The van der Waals surface area contributed by atoms with E-state index in [9.17, 15) is 9.90 Å². The maximum Gasteiger partial charge on any atom is 0.280 e. The normalized spacial score (nSPS) is 11.8. The van der Waals surface area contributed by atoms with Crippen molar-refractivity contribution in [2.45, 2.75) is 31.8 Å². The van der Waals surface area contributed by atoms with Crippen LogP contribution in [0, 0.1) is 5.41 Å². The summed E-state index contributed by atoms with van der Waals surface area (Å²) in [5.41, 5.74) is 16.1. The number of nitrogens with zero attached hydrogens (tertiary/aromatic N) is 2. The van der Waals surface area contributed by atoms with E-state index in [-0.39, 0.29) is 41.6 Å². The van der Waals surface area contributed by atoms with Crippen LogP contribution in [0.15, 0.2) is 0 Å². The molecular formula is C15H27ClN8O3. The molecule has 1 amide bonds. The molecule has 1 atom stereocenters. The van der Waals surface area contributed by atoms with Crippen molar-refractivity contribution in [2.24, 2.45) is 5.73 Å². The largest absolute Gasteiger partial charge is 0.389 e. The van der Waals surface area contributed by atoms with E-state index in [2.05, 4.69) is 20.6 Å². The van der Waals surface area contributed by atoms with Crippen molar-refractivity contribution in [1.82, 2.24) is 20.6 Å². The van der Waals surface area contributed by atoms with Gasteiger partial charge in [-0.15, -0.1) is 0 Å². The number of aliphatic hydroxyl groups excluding tert-OH is 1. The average Bonchev–Trinajstić information content (AvgIpc) is 2.62. The molecule has 1 unspecified atom stereocenters. The van der Waals surface area contributed by atoms with E-state index in [4.69, 9.17) is 38.9 Å². The van der Waals surface area contributed by atoms with E-state index in [1.807, 2.05) is 0 Å². The highest BCUT2D eigenvalue weighted by Crippen LogP contribution is 2.17. The summed E-state index contributed by atoms with van der Waals surface area (Å²) >= 11 is 5.72. The quantitative estimate of drug-likeness (QED) is 0.144. The third kappa shape index (κ3) is 8.82. The van der Waals surface area contributed by atoms with Gasteiger partial charge in [-0.2, -0.15) is 0 Å². The first-order chi connectivity index (χ1) is 12.8. The highest BCUT2D eigenvalue weighted by Gasteiger charge is 2.16. The molecule has 11 nitrogen and oxygen atoms in total. The lowest BCUT2D eigenvalue weighted by Crippen LogP contribution is -2.41. The molecule has 0 spiro atoms. The number of amides is 1. The van der Waals surface area contributed by atoms with Crippen LogP contribution in [-0.2, 0) is 4.74 Å². The summed E-state index contributed by atoms with van der Waals surface area (Å²) in [6.07, 6.45) is 2.97. The zero-order valence-corrected chi connectivity index (χ0v) is 15.8. The Labute approximate surface area is 162 Å². The minimum absolute atomic E-state index is 0.0696. The topological polar surface area (TPSA) is 198 Å². The van der Waals surface area contributed by atoms with E-state index in [0.717, 1.165) is 25.7 Å². The Hall–Kier alpha value is -2.21. The van der Waals surface area contributed by atoms with Crippen LogP contribution in [0.2, 0.25) is 5.15 Å². The van der Waals surface area contributed by atoms with Crippen LogP contribution < -0.4 is 27.8 Å². The summed E-state index contributed by atoms with van der Waals surface area (Å²) in [5.74, 6) is -1.10. The Morgan fingerprint density at radius 2 is 1.93 bits per heavy atom. The summed E-state index contributed by atoms with van der Waals surface area (Å²) < 4.78 is 5.28. The Kier molecular flexibility index (Phi) is 10.3. The van der Waals surface area contributed by atoms with E-state index in [0.29, 0.717) is 13.2 Å². The second-order valence-corrected chi connectivity index (χ2v) is 6.13. The first-order valence-electron chi connectivity index (χ1n) is 8.53. The van der Waals surface area contributed by atoms with Crippen molar-refractivity contribution in [3.8, 4) is 0 Å². The average molecular weight is 403 g/mol. The number of rotatable bonds is 11. The number of unbranched alkanes of at least 4 members (excludes halogenated alkanes) is 3. The van der Waals surface area contributed by atoms with Gasteiger partial charge in [-0.05, 0) is 12.8 Å². The zero-order chi connectivity index (χ0) is 20.2. The highest BCUT2D eigenvalue weighted by molar-refractivity contribution is 6.31. The molecule has 1 aromatic rings. The third-order valence-corrected chi connectivity index (χ3v) is 3.74. The molecule has 0 saturated carbocycles. The van der Waals surface area contributed by atoms with Gasteiger partial charge in [0.1, 0.15) is 0 Å². The fourth-order valence-corrected chi connectivity index (χ4v) is 2.14. The predicted octanol–water partition coefficient (Wildman–Crippen LogP) is -0.555. The molecule has 0 radical (unpaired) electrons. The minimum Gasteiger partial charge on any atom is -0.389 e. The summed E-state index contributed by atoms with van der Waals surface area (Å²) in [4.78, 5) is 19.5. The van der Waals surface area contributed by atoms with Crippen LogP contribution >= 0.6 is 11.6 Å². The fourth-order valence-electron chi connectivity index (χ4n) is 2.01. The number of nitrogens with one attached hydrogen (secondary N) is 3. The van der Waals surface area contributed by atoms with Gasteiger partial charge in [-0.25, -0.2) is 9.97 Å². The lowest BCUT2D eigenvalue weighted by molar-refractivity contribution is 0.0397. The first-order valence-corrected chi connectivity index (χ1v) is 8.91. The molecule has 12 heteroatoms. The minimum atomic E-state index is -0.698. The van der Waals surface area contributed by atoms with Crippen molar-refractivity contribution in [2.75, 3.05) is 37.8 Å². The van der Waals surface area contributed by atoms with Crippen LogP contribution in [0.25, 0.3) is 0 Å². The number of anilines is 2. The molecule has 0 aromatic carbocycles. The number of halogens is 1. The number of aromatic nitrogens is 2. The van der Waals surface area contributed by atoms with Gasteiger partial charge in [0.05, 0.1) is 12.7 Å². The van der Waals surface area contributed by atoms with Crippen LogP contribution in [0.3, 0.4) is 0 Å². The van der Waals surface area contributed by atoms with E-state index >= 15 is 0 Å². The number of hydrogen-bond donors (Lipinski definition) is 7. The number of nitrogens with two attached hydrogens (primary N) is 3. The number of aliphatic hydroxyl groups is 1. The van der Waals surface area contributed by atoms with Gasteiger partial charge in [0, 0.05) is 19.7 Å². The molecule has 0 saturated heterocycles. The van der Waals surface area contributed by atoms with Crippen molar-refractivity contribution in [3.05, 3.63) is 10.8 Å². The molecule has 0 bridgehead atoms. The van der Waals surface area contributed by atoms with Gasteiger partial charge < -0.3 is 32.4 Å². The molecule has 1 rings (SSSR count). The summed E-state index contributed by atoms with van der Waals surface area (Å²) in [6, 6.07) is 0. The maximum absolute atomic E-state index is 12.0. The molecule has 0 aliphatic carbocycles. The number of nitrogen functional groups attached to an aromatic ring is 2. The first kappa shape index (κ1) is 22.8. The molecule has 10 N–H and O–H groups in total. The number of ether oxygens (including phenoxy) is 1. The summed E-state index contributed by atoms with van der Waals surface area (Å²) in [5, 5.41) is 21.9. The number of hydrogen-bond acceptors (Lipinski definition) is 9. The lowest BCUT2D eigenvalue weighted by atomic mass is 10.2. The van der Waals surface area contributed by atoms with Crippen molar-refractivity contribution in [3.63, 3.8) is 0 Å². The standard InChI is InChI=1S/C15H27ClN8O3/c16-11-13(19)23-12(18)10(22-11)14(26)24-15(20)21-5-3-1-2-4-6-27-8-9(25)7-17/h9,25H,1-8,17H2,(H4,18,19,23)(H3,20,21,24,26). The molecule has 1 aromatic heterocycles. The Balaban J connectivity index is 2.16. The molecular weight excluding hydrogens is 376 g/mol. The third-order valence-electron chi connectivity index (χ3n) is 3.46. The van der Waals surface area contributed by atoms with E-state index in [1.54, 1.807) is 0 Å². The Morgan fingerprint density at radius 1 is 1.22 bits per heavy atom. The van der Waals surface area contributed by atoms with Gasteiger partial charge in [-0.3, -0.25) is 15.5 Å². The van der Waals surface area contributed by atoms with Gasteiger partial charge in [-0.1, -0.05) is 24.4 Å².